The molecule has 2 atom stereocenters. The lowest BCUT2D eigenvalue weighted by Gasteiger charge is -2.16. The third kappa shape index (κ3) is 2.23. The molecule has 2 aromatic rings. The second-order valence-corrected chi connectivity index (χ2v) is 5.13. The van der Waals surface area contributed by atoms with Gasteiger partial charge in [-0.1, -0.05) is 18.2 Å². The van der Waals surface area contributed by atoms with Gasteiger partial charge in [-0.15, -0.1) is 0 Å². The van der Waals surface area contributed by atoms with Gasteiger partial charge in [0.05, 0.1) is 23.1 Å². The minimum Gasteiger partial charge on any atom is -0.348 e. The van der Waals surface area contributed by atoms with Crippen LogP contribution >= 0.6 is 0 Å². The van der Waals surface area contributed by atoms with Crippen LogP contribution in [0.25, 0.3) is 10.9 Å². The van der Waals surface area contributed by atoms with Crippen LogP contribution in [0.1, 0.15) is 29.6 Å². The second kappa shape index (κ2) is 5.30. The van der Waals surface area contributed by atoms with Gasteiger partial charge in [0.15, 0.2) is 0 Å². The SMILES string of the molecule is N#CC1CCCC1NC(=O)c1cccc2cccnc12. The smallest absolute Gasteiger partial charge is 0.253 e. The summed E-state index contributed by atoms with van der Waals surface area (Å²) in [7, 11) is 0. The zero-order chi connectivity index (χ0) is 13.9. The number of benzene rings is 1. The first kappa shape index (κ1) is 12.6. The van der Waals surface area contributed by atoms with Crippen LogP contribution in [-0.2, 0) is 0 Å². The summed E-state index contributed by atoms with van der Waals surface area (Å²) >= 11 is 0. The number of nitriles is 1. The summed E-state index contributed by atoms with van der Waals surface area (Å²) in [6.07, 6.45) is 4.43. The van der Waals surface area contributed by atoms with E-state index in [9.17, 15) is 4.79 Å². The molecule has 0 radical (unpaired) electrons. The van der Waals surface area contributed by atoms with Crippen molar-refractivity contribution in [1.82, 2.24) is 10.3 Å². The number of aromatic nitrogens is 1. The zero-order valence-electron chi connectivity index (χ0n) is 11.0. The fourth-order valence-corrected chi connectivity index (χ4v) is 2.82. The molecule has 0 bridgehead atoms. The van der Waals surface area contributed by atoms with Crippen molar-refractivity contribution >= 4 is 16.8 Å². The Hall–Kier alpha value is -2.41. The number of carbonyl (C=O) groups excluding carboxylic acids is 1. The highest BCUT2D eigenvalue weighted by Gasteiger charge is 2.29. The normalized spacial score (nSPS) is 21.6. The van der Waals surface area contributed by atoms with Crippen molar-refractivity contribution in [3.63, 3.8) is 0 Å². The molecule has 1 aliphatic rings. The van der Waals surface area contributed by atoms with Crippen LogP contribution in [0.15, 0.2) is 36.5 Å². The fourth-order valence-electron chi connectivity index (χ4n) is 2.82. The Morgan fingerprint density at radius 1 is 1.30 bits per heavy atom. The molecule has 4 nitrogen and oxygen atoms in total. The van der Waals surface area contributed by atoms with Gasteiger partial charge in [0.2, 0.25) is 0 Å². The highest BCUT2D eigenvalue weighted by molar-refractivity contribution is 6.05. The molecule has 1 fully saturated rings. The van der Waals surface area contributed by atoms with E-state index in [1.807, 2.05) is 24.3 Å². The number of hydrogen-bond acceptors (Lipinski definition) is 3. The van der Waals surface area contributed by atoms with Crippen molar-refractivity contribution in [2.75, 3.05) is 0 Å². The maximum atomic E-state index is 12.4. The summed E-state index contributed by atoms with van der Waals surface area (Å²) in [5.74, 6) is -0.205. The van der Waals surface area contributed by atoms with E-state index in [-0.39, 0.29) is 17.9 Å². The molecular formula is C16H15N3O. The van der Waals surface area contributed by atoms with E-state index in [0.29, 0.717) is 11.1 Å². The number of hydrogen-bond donors (Lipinski definition) is 1. The van der Waals surface area contributed by atoms with E-state index in [0.717, 1.165) is 24.6 Å². The minimum absolute atomic E-state index is 0.0357. The van der Waals surface area contributed by atoms with E-state index in [2.05, 4.69) is 16.4 Å². The second-order valence-electron chi connectivity index (χ2n) is 5.13. The van der Waals surface area contributed by atoms with E-state index >= 15 is 0 Å². The molecule has 3 rings (SSSR count). The highest BCUT2D eigenvalue weighted by Crippen LogP contribution is 2.25. The van der Waals surface area contributed by atoms with Crippen molar-refractivity contribution in [3.05, 3.63) is 42.1 Å². The lowest BCUT2D eigenvalue weighted by atomic mass is 10.0. The van der Waals surface area contributed by atoms with Crippen LogP contribution in [-0.4, -0.2) is 16.9 Å². The Balaban J connectivity index is 1.88. The summed E-state index contributed by atoms with van der Waals surface area (Å²) in [5, 5.41) is 13.0. The minimum atomic E-state index is -0.138. The highest BCUT2D eigenvalue weighted by atomic mass is 16.1. The molecule has 1 aromatic carbocycles. The topological polar surface area (TPSA) is 65.8 Å². The number of fused-ring (bicyclic) bond motifs is 1. The van der Waals surface area contributed by atoms with E-state index in [1.165, 1.54) is 0 Å². The first-order valence-corrected chi connectivity index (χ1v) is 6.84. The van der Waals surface area contributed by atoms with Crippen LogP contribution in [0, 0.1) is 17.2 Å². The van der Waals surface area contributed by atoms with Crippen LogP contribution < -0.4 is 5.32 Å². The summed E-state index contributed by atoms with van der Waals surface area (Å²) in [6, 6.07) is 11.6. The first-order chi connectivity index (χ1) is 9.79. The van der Waals surface area contributed by atoms with Crippen molar-refractivity contribution in [1.29, 1.82) is 5.26 Å². The lowest BCUT2D eigenvalue weighted by molar-refractivity contribution is 0.0934. The molecule has 1 saturated carbocycles. The first-order valence-electron chi connectivity index (χ1n) is 6.84. The maximum Gasteiger partial charge on any atom is 0.253 e. The Kier molecular flexibility index (Phi) is 3.34. The van der Waals surface area contributed by atoms with Gasteiger partial charge in [-0.3, -0.25) is 9.78 Å². The predicted molar refractivity (Wildman–Crippen MR) is 76.0 cm³/mol. The maximum absolute atomic E-state index is 12.4. The van der Waals surface area contributed by atoms with Gasteiger partial charge in [0.25, 0.3) is 5.91 Å². The van der Waals surface area contributed by atoms with Gasteiger partial charge in [0.1, 0.15) is 0 Å². The number of carbonyl (C=O) groups is 1. The van der Waals surface area contributed by atoms with Crippen LogP contribution in [0.2, 0.25) is 0 Å². The van der Waals surface area contributed by atoms with E-state index in [1.54, 1.807) is 12.3 Å². The van der Waals surface area contributed by atoms with Crippen molar-refractivity contribution in [3.8, 4) is 6.07 Å². The molecule has 1 aromatic heterocycles. The molecule has 100 valence electrons. The molecule has 4 heteroatoms. The molecule has 0 aliphatic heterocycles. The molecule has 20 heavy (non-hydrogen) atoms. The largest absolute Gasteiger partial charge is 0.348 e. The number of rotatable bonds is 2. The van der Waals surface area contributed by atoms with Gasteiger partial charge in [-0.25, -0.2) is 0 Å². The summed E-state index contributed by atoms with van der Waals surface area (Å²) < 4.78 is 0. The Morgan fingerprint density at radius 2 is 2.15 bits per heavy atom. The third-order valence-corrected chi connectivity index (χ3v) is 3.88. The summed E-state index contributed by atoms with van der Waals surface area (Å²) in [6.45, 7) is 0. The molecule has 1 heterocycles. The van der Waals surface area contributed by atoms with Gasteiger partial charge >= 0.3 is 0 Å². The number of pyridine rings is 1. The summed E-state index contributed by atoms with van der Waals surface area (Å²) in [5.41, 5.74) is 1.28. The number of para-hydroxylation sites is 1. The third-order valence-electron chi connectivity index (χ3n) is 3.88. The number of nitrogens with zero attached hydrogens (tertiary/aromatic N) is 2. The Bertz CT molecular complexity index is 684. The van der Waals surface area contributed by atoms with Gasteiger partial charge < -0.3 is 5.32 Å². The van der Waals surface area contributed by atoms with Gasteiger partial charge in [0, 0.05) is 17.6 Å². The predicted octanol–water partition coefficient (Wildman–Crippen LogP) is 2.66. The summed E-state index contributed by atoms with van der Waals surface area (Å²) in [4.78, 5) is 16.7. The monoisotopic (exact) mass is 265 g/mol. The molecule has 2 unspecified atom stereocenters. The van der Waals surface area contributed by atoms with Crippen molar-refractivity contribution in [2.45, 2.75) is 25.3 Å². The van der Waals surface area contributed by atoms with Crippen LogP contribution in [0.5, 0.6) is 0 Å². The molecule has 0 spiro atoms. The average Bonchev–Trinajstić information content (AvgIpc) is 2.93. The Labute approximate surface area is 117 Å². The quantitative estimate of drug-likeness (QED) is 0.907. The van der Waals surface area contributed by atoms with Crippen molar-refractivity contribution in [2.24, 2.45) is 5.92 Å². The van der Waals surface area contributed by atoms with Crippen molar-refractivity contribution < 1.29 is 4.79 Å². The molecule has 1 amide bonds. The number of amides is 1. The van der Waals surface area contributed by atoms with E-state index in [4.69, 9.17) is 5.26 Å². The van der Waals surface area contributed by atoms with Gasteiger partial charge in [-0.05, 0) is 31.4 Å². The van der Waals surface area contributed by atoms with Crippen LogP contribution in [0.4, 0.5) is 0 Å². The van der Waals surface area contributed by atoms with E-state index < -0.39 is 0 Å². The number of nitrogens with one attached hydrogen (secondary N) is 1. The molecule has 0 saturated heterocycles. The molecule has 1 N–H and O–H groups in total. The fraction of sp³-hybridized carbons (Fsp3) is 0.312. The molecule has 1 aliphatic carbocycles. The van der Waals surface area contributed by atoms with Gasteiger partial charge in [-0.2, -0.15) is 5.26 Å². The zero-order valence-corrected chi connectivity index (χ0v) is 11.0. The Morgan fingerprint density at radius 3 is 3.00 bits per heavy atom. The van der Waals surface area contributed by atoms with Crippen LogP contribution in [0.3, 0.4) is 0 Å². The lowest BCUT2D eigenvalue weighted by Crippen LogP contribution is -2.37. The standard InChI is InChI=1S/C16H15N3O/c17-10-12-5-2-8-14(12)19-16(20)13-7-1-4-11-6-3-9-18-15(11)13/h1,3-4,6-7,9,12,14H,2,5,8H2,(H,19,20). The average molecular weight is 265 g/mol. The molecular weight excluding hydrogens is 250 g/mol.